The molecule has 1 unspecified atom stereocenters. The Bertz CT molecular complexity index is 256. The molecule has 2 heterocycles. The first-order valence-electron chi connectivity index (χ1n) is 3.91. The van der Waals surface area contributed by atoms with Crippen LogP contribution in [0.4, 0.5) is 0 Å². The van der Waals surface area contributed by atoms with Crippen molar-refractivity contribution in [3.05, 3.63) is 23.2 Å². The number of aromatic nitrogens is 2. The van der Waals surface area contributed by atoms with Crippen molar-refractivity contribution in [2.24, 2.45) is 0 Å². The van der Waals surface area contributed by atoms with Gasteiger partial charge in [0.05, 0.1) is 6.61 Å². The Labute approximate surface area is 75.7 Å². The summed E-state index contributed by atoms with van der Waals surface area (Å²) >= 11 is 5.56. The number of ether oxygens (including phenoxy) is 1. The zero-order valence-electron chi connectivity index (χ0n) is 6.53. The maximum Gasteiger partial charge on any atom is 0.222 e. The molecule has 0 spiro atoms. The third kappa shape index (κ3) is 1.57. The summed E-state index contributed by atoms with van der Waals surface area (Å²) in [6, 6.07) is 0. The molecule has 0 radical (unpaired) electrons. The first-order chi connectivity index (χ1) is 5.86. The zero-order valence-corrected chi connectivity index (χ0v) is 7.29. The number of halogens is 1. The summed E-state index contributed by atoms with van der Waals surface area (Å²) < 4.78 is 5.25. The van der Waals surface area contributed by atoms with E-state index in [1.165, 1.54) is 0 Å². The first kappa shape index (κ1) is 7.95. The second-order valence-electron chi connectivity index (χ2n) is 2.85. The van der Waals surface area contributed by atoms with Gasteiger partial charge in [-0.15, -0.1) is 0 Å². The van der Waals surface area contributed by atoms with Crippen LogP contribution in [0.5, 0.6) is 0 Å². The SMILES string of the molecule is Clc1ncc(C2CCOC2)cn1. The second kappa shape index (κ2) is 3.37. The van der Waals surface area contributed by atoms with Crippen LogP contribution < -0.4 is 0 Å². The molecule has 0 amide bonds. The third-order valence-electron chi connectivity index (χ3n) is 2.04. The van der Waals surface area contributed by atoms with Crippen LogP contribution in [-0.4, -0.2) is 23.2 Å². The van der Waals surface area contributed by atoms with Gasteiger partial charge in [0.2, 0.25) is 5.28 Å². The molecule has 12 heavy (non-hydrogen) atoms. The van der Waals surface area contributed by atoms with E-state index in [0.29, 0.717) is 11.2 Å². The molecule has 64 valence electrons. The van der Waals surface area contributed by atoms with E-state index in [-0.39, 0.29) is 0 Å². The summed E-state index contributed by atoms with van der Waals surface area (Å²) in [6.45, 7) is 1.62. The van der Waals surface area contributed by atoms with Gasteiger partial charge in [-0.1, -0.05) is 0 Å². The molecule has 3 nitrogen and oxygen atoms in total. The molecule has 0 aromatic carbocycles. The van der Waals surface area contributed by atoms with E-state index in [1.807, 2.05) is 0 Å². The topological polar surface area (TPSA) is 35.0 Å². The van der Waals surface area contributed by atoms with Crippen LogP contribution in [0.2, 0.25) is 5.28 Å². The van der Waals surface area contributed by atoms with Crippen molar-refractivity contribution in [3.8, 4) is 0 Å². The fourth-order valence-electron chi connectivity index (χ4n) is 1.33. The van der Waals surface area contributed by atoms with Gasteiger partial charge in [0.25, 0.3) is 0 Å². The van der Waals surface area contributed by atoms with Crippen LogP contribution in [0.25, 0.3) is 0 Å². The van der Waals surface area contributed by atoms with Gasteiger partial charge in [-0.3, -0.25) is 0 Å². The van der Waals surface area contributed by atoms with E-state index in [9.17, 15) is 0 Å². The number of rotatable bonds is 1. The lowest BCUT2D eigenvalue weighted by Gasteiger charge is -2.05. The van der Waals surface area contributed by atoms with Crippen LogP contribution in [0, 0.1) is 0 Å². The predicted octanol–water partition coefficient (Wildman–Crippen LogP) is 1.63. The van der Waals surface area contributed by atoms with E-state index < -0.39 is 0 Å². The highest BCUT2D eigenvalue weighted by atomic mass is 35.5. The highest BCUT2D eigenvalue weighted by molar-refractivity contribution is 6.28. The van der Waals surface area contributed by atoms with Crippen molar-refractivity contribution in [3.63, 3.8) is 0 Å². The fraction of sp³-hybridized carbons (Fsp3) is 0.500. The van der Waals surface area contributed by atoms with Gasteiger partial charge in [-0.2, -0.15) is 0 Å². The minimum atomic E-state index is 0.303. The molecule has 1 aromatic heterocycles. The number of hydrogen-bond donors (Lipinski definition) is 0. The van der Waals surface area contributed by atoms with Crippen molar-refractivity contribution in [2.75, 3.05) is 13.2 Å². The highest BCUT2D eigenvalue weighted by Crippen LogP contribution is 2.23. The Kier molecular flexibility index (Phi) is 2.23. The molecule has 1 aliphatic rings. The van der Waals surface area contributed by atoms with Gasteiger partial charge in [0.15, 0.2) is 0 Å². The lowest BCUT2D eigenvalue weighted by atomic mass is 10.0. The van der Waals surface area contributed by atoms with Crippen molar-refractivity contribution in [1.29, 1.82) is 0 Å². The van der Waals surface area contributed by atoms with Gasteiger partial charge in [-0.05, 0) is 23.6 Å². The molecule has 1 atom stereocenters. The van der Waals surface area contributed by atoms with Crippen molar-refractivity contribution < 1.29 is 4.74 Å². The van der Waals surface area contributed by atoms with Crippen molar-refractivity contribution >= 4 is 11.6 Å². The lowest BCUT2D eigenvalue weighted by molar-refractivity contribution is 0.194. The van der Waals surface area contributed by atoms with Crippen LogP contribution in [0.1, 0.15) is 17.9 Å². The molecule has 0 N–H and O–H groups in total. The molecule has 1 saturated heterocycles. The van der Waals surface area contributed by atoms with Crippen LogP contribution in [-0.2, 0) is 4.74 Å². The number of nitrogens with zero attached hydrogens (tertiary/aromatic N) is 2. The van der Waals surface area contributed by atoms with E-state index in [1.54, 1.807) is 12.4 Å². The summed E-state index contributed by atoms with van der Waals surface area (Å²) in [5.74, 6) is 0.460. The molecule has 2 rings (SSSR count). The predicted molar refractivity (Wildman–Crippen MR) is 45.2 cm³/mol. The molecule has 1 aromatic rings. The standard InChI is InChI=1S/C8H9ClN2O/c9-8-10-3-7(4-11-8)6-1-2-12-5-6/h3-4,6H,1-2,5H2. The average Bonchev–Trinajstić information content (AvgIpc) is 2.58. The van der Waals surface area contributed by atoms with Crippen LogP contribution in [0.15, 0.2) is 12.4 Å². The maximum absolute atomic E-state index is 5.56. The third-order valence-corrected chi connectivity index (χ3v) is 2.24. The fourth-order valence-corrected chi connectivity index (χ4v) is 1.43. The molecule has 0 aliphatic carbocycles. The summed E-state index contributed by atoms with van der Waals surface area (Å²) in [4.78, 5) is 7.84. The van der Waals surface area contributed by atoms with E-state index in [0.717, 1.165) is 25.2 Å². The Morgan fingerprint density at radius 1 is 1.42 bits per heavy atom. The normalized spacial score (nSPS) is 22.9. The lowest BCUT2D eigenvalue weighted by Crippen LogP contribution is -1.98. The van der Waals surface area contributed by atoms with Crippen LogP contribution in [0.3, 0.4) is 0 Å². The summed E-state index contributed by atoms with van der Waals surface area (Å²) in [5, 5.41) is 0.303. The maximum atomic E-state index is 5.56. The quantitative estimate of drug-likeness (QED) is 0.623. The van der Waals surface area contributed by atoms with E-state index >= 15 is 0 Å². The average molecular weight is 185 g/mol. The molecule has 1 aliphatic heterocycles. The second-order valence-corrected chi connectivity index (χ2v) is 3.18. The van der Waals surface area contributed by atoms with Crippen molar-refractivity contribution in [2.45, 2.75) is 12.3 Å². The first-order valence-corrected chi connectivity index (χ1v) is 4.29. The molecule has 0 saturated carbocycles. The van der Waals surface area contributed by atoms with Gasteiger partial charge >= 0.3 is 0 Å². The zero-order chi connectivity index (χ0) is 8.39. The Morgan fingerprint density at radius 3 is 2.75 bits per heavy atom. The number of hydrogen-bond acceptors (Lipinski definition) is 3. The Morgan fingerprint density at radius 2 is 2.17 bits per heavy atom. The summed E-state index contributed by atoms with van der Waals surface area (Å²) in [6.07, 6.45) is 4.61. The largest absolute Gasteiger partial charge is 0.381 e. The summed E-state index contributed by atoms with van der Waals surface area (Å²) in [5.41, 5.74) is 1.12. The Balaban J connectivity index is 2.17. The molecule has 1 fully saturated rings. The van der Waals surface area contributed by atoms with E-state index in [2.05, 4.69) is 9.97 Å². The molecule has 4 heteroatoms. The minimum Gasteiger partial charge on any atom is -0.381 e. The van der Waals surface area contributed by atoms with E-state index in [4.69, 9.17) is 16.3 Å². The van der Waals surface area contributed by atoms with Gasteiger partial charge in [-0.25, -0.2) is 9.97 Å². The molecule has 0 bridgehead atoms. The Hall–Kier alpha value is -0.670. The van der Waals surface area contributed by atoms with Gasteiger partial charge < -0.3 is 4.74 Å². The highest BCUT2D eigenvalue weighted by Gasteiger charge is 2.17. The van der Waals surface area contributed by atoms with Gasteiger partial charge in [0.1, 0.15) is 0 Å². The van der Waals surface area contributed by atoms with Gasteiger partial charge in [0, 0.05) is 24.9 Å². The van der Waals surface area contributed by atoms with Crippen LogP contribution >= 0.6 is 11.6 Å². The molecular weight excluding hydrogens is 176 g/mol. The minimum absolute atomic E-state index is 0.303. The molecular formula is C8H9ClN2O. The smallest absolute Gasteiger partial charge is 0.222 e. The van der Waals surface area contributed by atoms with Crippen molar-refractivity contribution in [1.82, 2.24) is 9.97 Å². The summed E-state index contributed by atoms with van der Waals surface area (Å²) in [7, 11) is 0. The monoisotopic (exact) mass is 184 g/mol.